The molecule has 0 radical (unpaired) electrons. The van der Waals surface area contributed by atoms with Crippen LogP contribution in [0.25, 0.3) is 0 Å². The Hall–Kier alpha value is -2.61. The topological polar surface area (TPSA) is 84.5 Å². The first kappa shape index (κ1) is 17.7. The van der Waals surface area contributed by atoms with Crippen molar-refractivity contribution in [2.24, 2.45) is 0 Å². The Bertz CT molecular complexity index is 836. The average molecular weight is 352 g/mol. The van der Waals surface area contributed by atoms with Crippen LogP contribution in [0.5, 0.6) is 5.75 Å². The normalized spacial score (nSPS) is 11.0. The lowest BCUT2D eigenvalue weighted by Crippen LogP contribution is -2.36. The van der Waals surface area contributed by atoms with Crippen LogP contribution < -0.4 is 14.2 Å². The van der Waals surface area contributed by atoms with Crippen LogP contribution in [0.3, 0.4) is 0 Å². The lowest BCUT2D eigenvalue weighted by atomic mass is 10.1. The molecule has 0 bridgehead atoms. The van der Waals surface area contributed by atoms with E-state index in [9.17, 15) is 17.6 Å². The van der Waals surface area contributed by atoms with Crippen molar-refractivity contribution >= 4 is 21.8 Å². The maximum absolute atomic E-state index is 12.8. The zero-order chi connectivity index (χ0) is 17.7. The minimum absolute atomic E-state index is 0.0971. The van der Waals surface area contributed by atoms with Gasteiger partial charge in [0.1, 0.15) is 11.6 Å². The van der Waals surface area contributed by atoms with Crippen molar-refractivity contribution in [1.29, 1.82) is 0 Å². The second-order valence-electron chi connectivity index (χ2n) is 5.11. The Morgan fingerprint density at radius 1 is 1.17 bits per heavy atom. The number of hydrogen-bond donors (Lipinski definition) is 2. The molecule has 0 saturated carbocycles. The molecule has 1 amide bonds. The summed E-state index contributed by atoms with van der Waals surface area (Å²) in [4.78, 5) is 12.0. The van der Waals surface area contributed by atoms with Gasteiger partial charge in [0.15, 0.2) is 0 Å². The van der Waals surface area contributed by atoms with Gasteiger partial charge in [0.05, 0.1) is 19.2 Å². The van der Waals surface area contributed by atoms with Gasteiger partial charge in [0.25, 0.3) is 0 Å². The van der Waals surface area contributed by atoms with Crippen molar-refractivity contribution in [1.82, 2.24) is 4.72 Å². The molecule has 0 fully saturated rings. The Kier molecular flexibility index (Phi) is 5.40. The van der Waals surface area contributed by atoms with Crippen LogP contribution in [-0.4, -0.2) is 21.4 Å². The monoisotopic (exact) mass is 352 g/mol. The quantitative estimate of drug-likeness (QED) is 0.834. The zero-order valence-electron chi connectivity index (χ0n) is 13.2. The predicted molar refractivity (Wildman–Crippen MR) is 88.5 cm³/mol. The molecule has 128 valence electrons. The molecular weight excluding hydrogens is 335 g/mol. The third kappa shape index (κ3) is 4.95. The second-order valence-corrected chi connectivity index (χ2v) is 6.52. The van der Waals surface area contributed by atoms with Crippen molar-refractivity contribution in [2.45, 2.75) is 13.3 Å². The Morgan fingerprint density at radius 3 is 2.42 bits per heavy atom. The summed E-state index contributed by atoms with van der Waals surface area (Å²) in [6.45, 7) is 1.80. The summed E-state index contributed by atoms with van der Waals surface area (Å²) in [5.41, 5.74) is 1.65. The summed E-state index contributed by atoms with van der Waals surface area (Å²) in [6.07, 6.45) is -0.0971. The van der Waals surface area contributed by atoms with Crippen LogP contribution in [0.15, 0.2) is 42.5 Å². The van der Waals surface area contributed by atoms with Crippen LogP contribution in [0.1, 0.15) is 11.1 Å². The number of rotatable bonds is 6. The van der Waals surface area contributed by atoms with E-state index in [1.54, 1.807) is 25.1 Å². The fourth-order valence-corrected chi connectivity index (χ4v) is 2.92. The summed E-state index contributed by atoms with van der Waals surface area (Å²) in [6, 6.07) is 9.89. The zero-order valence-corrected chi connectivity index (χ0v) is 14.0. The van der Waals surface area contributed by atoms with Crippen molar-refractivity contribution < 1.29 is 22.3 Å². The van der Waals surface area contributed by atoms with E-state index in [1.807, 2.05) is 4.72 Å². The van der Waals surface area contributed by atoms with Crippen molar-refractivity contribution in [2.75, 3.05) is 11.8 Å². The Morgan fingerprint density at radius 2 is 1.83 bits per heavy atom. The van der Waals surface area contributed by atoms with Crippen LogP contribution in [0, 0.1) is 12.7 Å². The van der Waals surface area contributed by atoms with E-state index >= 15 is 0 Å². The van der Waals surface area contributed by atoms with E-state index in [4.69, 9.17) is 4.74 Å². The number of carbonyl (C=O) groups excluding carboxylic acids is 1. The van der Waals surface area contributed by atoms with Crippen molar-refractivity contribution in [3.05, 3.63) is 59.4 Å². The predicted octanol–water partition coefficient (Wildman–Crippen LogP) is 2.16. The van der Waals surface area contributed by atoms with Crippen LogP contribution in [-0.2, 0) is 21.4 Å². The van der Waals surface area contributed by atoms with E-state index in [1.165, 1.54) is 19.2 Å². The molecule has 0 heterocycles. The molecular formula is C16H17FN2O4S. The number of halogens is 1. The van der Waals surface area contributed by atoms with E-state index in [-0.39, 0.29) is 12.1 Å². The summed E-state index contributed by atoms with van der Waals surface area (Å²) in [5, 5.41) is 0. The number of carbonyl (C=O) groups is 1. The molecule has 0 saturated heterocycles. The number of methoxy groups -OCH3 is 1. The largest absolute Gasteiger partial charge is 0.497 e. The van der Waals surface area contributed by atoms with E-state index in [0.717, 1.165) is 17.7 Å². The number of benzene rings is 2. The van der Waals surface area contributed by atoms with Crippen LogP contribution in [0.2, 0.25) is 0 Å². The number of amides is 1. The summed E-state index contributed by atoms with van der Waals surface area (Å²) >= 11 is 0. The Labute approximate surface area is 139 Å². The molecule has 2 aromatic rings. The van der Waals surface area contributed by atoms with Gasteiger partial charge in [-0.05, 0) is 54.4 Å². The molecule has 8 heteroatoms. The van der Waals surface area contributed by atoms with E-state index < -0.39 is 21.9 Å². The number of nitrogens with one attached hydrogen (secondary N) is 2. The molecule has 0 aliphatic heterocycles. The van der Waals surface area contributed by atoms with Gasteiger partial charge in [0.2, 0.25) is 5.91 Å². The number of hydrogen-bond acceptors (Lipinski definition) is 4. The highest BCUT2D eigenvalue weighted by molar-refractivity contribution is 7.91. The minimum atomic E-state index is -4.09. The molecule has 6 nitrogen and oxygen atoms in total. The SMILES string of the molecule is COc1ccc(CC(=O)NS(=O)(=O)Nc2ccc(F)cc2)c(C)c1. The van der Waals surface area contributed by atoms with Gasteiger partial charge < -0.3 is 4.74 Å². The van der Waals surface area contributed by atoms with Crippen molar-refractivity contribution in [3.8, 4) is 5.75 Å². The molecule has 2 aromatic carbocycles. The average Bonchev–Trinajstić information content (AvgIpc) is 2.50. The number of anilines is 1. The molecule has 2 rings (SSSR count). The van der Waals surface area contributed by atoms with Crippen molar-refractivity contribution in [3.63, 3.8) is 0 Å². The van der Waals surface area contributed by atoms with E-state index in [2.05, 4.69) is 4.72 Å². The summed E-state index contributed by atoms with van der Waals surface area (Å²) in [5.74, 6) is -0.517. The fraction of sp³-hybridized carbons (Fsp3) is 0.188. The third-order valence-electron chi connectivity index (χ3n) is 3.25. The van der Waals surface area contributed by atoms with Crippen LogP contribution in [0.4, 0.5) is 10.1 Å². The number of ether oxygens (including phenoxy) is 1. The molecule has 2 N–H and O–H groups in total. The van der Waals surface area contributed by atoms with Gasteiger partial charge in [-0.3, -0.25) is 9.52 Å². The summed E-state index contributed by atoms with van der Waals surface area (Å²) in [7, 11) is -2.55. The highest BCUT2D eigenvalue weighted by Gasteiger charge is 2.15. The van der Waals surface area contributed by atoms with Gasteiger partial charge in [-0.25, -0.2) is 9.11 Å². The van der Waals surface area contributed by atoms with Gasteiger partial charge >= 0.3 is 10.2 Å². The first-order valence-electron chi connectivity index (χ1n) is 7.01. The third-order valence-corrected chi connectivity index (χ3v) is 4.25. The van der Waals surface area contributed by atoms with E-state index in [0.29, 0.717) is 11.3 Å². The minimum Gasteiger partial charge on any atom is -0.497 e. The molecule has 24 heavy (non-hydrogen) atoms. The van der Waals surface area contributed by atoms with Gasteiger partial charge in [0, 0.05) is 0 Å². The Balaban J connectivity index is 2.01. The van der Waals surface area contributed by atoms with Crippen LogP contribution >= 0.6 is 0 Å². The molecule has 0 spiro atoms. The lowest BCUT2D eigenvalue weighted by Gasteiger charge is -2.11. The molecule has 0 aliphatic carbocycles. The first-order chi connectivity index (χ1) is 11.3. The lowest BCUT2D eigenvalue weighted by molar-refractivity contribution is -0.118. The molecule has 0 unspecified atom stereocenters. The molecule has 0 aromatic heterocycles. The maximum atomic E-state index is 12.8. The standard InChI is InChI=1S/C16H17FN2O4S/c1-11-9-15(23-2)8-3-12(11)10-16(20)19-24(21,22)18-14-6-4-13(17)5-7-14/h3-9,18H,10H2,1-2H3,(H,19,20). The highest BCUT2D eigenvalue weighted by atomic mass is 32.2. The fourth-order valence-electron chi connectivity index (χ4n) is 2.05. The molecule has 0 atom stereocenters. The van der Waals surface area contributed by atoms with Gasteiger partial charge in [-0.15, -0.1) is 0 Å². The van der Waals surface area contributed by atoms with Gasteiger partial charge in [-0.1, -0.05) is 6.07 Å². The smallest absolute Gasteiger partial charge is 0.323 e. The first-order valence-corrected chi connectivity index (χ1v) is 8.50. The van der Waals surface area contributed by atoms with Gasteiger partial charge in [-0.2, -0.15) is 8.42 Å². The second kappa shape index (κ2) is 7.31. The molecule has 0 aliphatic rings. The number of aryl methyl sites for hydroxylation is 1. The highest BCUT2D eigenvalue weighted by Crippen LogP contribution is 2.17. The maximum Gasteiger partial charge on any atom is 0.323 e. The summed E-state index contributed by atoms with van der Waals surface area (Å²) < 4.78 is 45.8.